The number of hydrogen-bond donors (Lipinski definition) is 1. The molecule has 1 aromatic carbocycles. The van der Waals surface area contributed by atoms with Crippen LogP contribution >= 0.6 is 11.6 Å². The van der Waals surface area contributed by atoms with Crippen LogP contribution in [0.1, 0.15) is 11.7 Å². The zero-order valence-corrected chi connectivity index (χ0v) is 11.4. The van der Waals surface area contributed by atoms with Crippen LogP contribution < -0.4 is 4.90 Å². The topological polar surface area (TPSA) is 59.0 Å². The normalized spacial score (nSPS) is 17.3. The lowest BCUT2D eigenvalue weighted by Gasteiger charge is -2.29. The Kier molecular flexibility index (Phi) is 4.63. The number of aliphatic carboxylic acids is 1. The Hall–Kier alpha value is -1.30. The molecule has 104 valence electrons. The van der Waals surface area contributed by atoms with Gasteiger partial charge in [-0.05, 0) is 17.7 Å². The van der Waals surface area contributed by atoms with E-state index in [1.54, 1.807) is 12.1 Å². The molecular formula is C13H16ClNO4. The van der Waals surface area contributed by atoms with Crippen LogP contribution in [0.2, 0.25) is 5.02 Å². The van der Waals surface area contributed by atoms with Gasteiger partial charge >= 0.3 is 5.97 Å². The number of ether oxygens (including phenoxy) is 2. The molecule has 1 aromatic rings. The molecule has 0 aromatic heterocycles. The number of hydrogen-bond acceptors (Lipinski definition) is 4. The summed E-state index contributed by atoms with van der Waals surface area (Å²) in [6.45, 7) is 2.92. The average molecular weight is 286 g/mol. The smallest absolute Gasteiger partial charge is 0.337 e. The Balaban J connectivity index is 2.23. The first-order valence-corrected chi connectivity index (χ1v) is 6.39. The van der Waals surface area contributed by atoms with E-state index >= 15 is 0 Å². The maximum atomic E-state index is 11.0. The standard InChI is InChI=1S/C13H16ClNO4/c1-18-12(13(16)17)9-2-3-11(10(14)8-9)15-4-6-19-7-5-15/h2-3,8,12H,4-7H2,1H3,(H,16,17). The van der Waals surface area contributed by atoms with E-state index in [4.69, 9.17) is 26.2 Å². The van der Waals surface area contributed by atoms with Crippen LogP contribution in [0.5, 0.6) is 0 Å². The number of anilines is 1. The Morgan fingerprint density at radius 1 is 1.47 bits per heavy atom. The molecule has 1 N–H and O–H groups in total. The number of nitrogens with zero attached hydrogens (tertiary/aromatic N) is 1. The van der Waals surface area contributed by atoms with Crippen LogP contribution in [0, 0.1) is 0 Å². The molecule has 1 aliphatic heterocycles. The van der Waals surface area contributed by atoms with Gasteiger partial charge in [0.1, 0.15) is 0 Å². The first-order valence-electron chi connectivity index (χ1n) is 6.01. The van der Waals surface area contributed by atoms with Crippen molar-refractivity contribution in [2.24, 2.45) is 0 Å². The fourth-order valence-corrected chi connectivity index (χ4v) is 2.43. The Bertz CT molecular complexity index is 460. The molecule has 0 saturated carbocycles. The molecular weight excluding hydrogens is 270 g/mol. The van der Waals surface area contributed by atoms with Gasteiger partial charge in [0, 0.05) is 20.2 Å². The fourth-order valence-electron chi connectivity index (χ4n) is 2.13. The van der Waals surface area contributed by atoms with Gasteiger partial charge in [-0.3, -0.25) is 0 Å². The van der Waals surface area contributed by atoms with Crippen LogP contribution in [0.4, 0.5) is 5.69 Å². The predicted molar refractivity (Wildman–Crippen MR) is 71.9 cm³/mol. The molecule has 0 spiro atoms. The first kappa shape index (κ1) is 14.1. The average Bonchev–Trinajstić information content (AvgIpc) is 2.40. The highest BCUT2D eigenvalue weighted by molar-refractivity contribution is 6.33. The zero-order valence-electron chi connectivity index (χ0n) is 10.6. The molecule has 1 unspecified atom stereocenters. The van der Waals surface area contributed by atoms with E-state index in [0.717, 1.165) is 18.8 Å². The molecule has 19 heavy (non-hydrogen) atoms. The number of carboxylic acids is 1. The summed E-state index contributed by atoms with van der Waals surface area (Å²) in [4.78, 5) is 13.2. The van der Waals surface area contributed by atoms with E-state index in [1.165, 1.54) is 7.11 Å². The maximum Gasteiger partial charge on any atom is 0.337 e. The largest absolute Gasteiger partial charge is 0.479 e. The third kappa shape index (κ3) is 3.18. The van der Waals surface area contributed by atoms with Crippen molar-refractivity contribution >= 4 is 23.3 Å². The van der Waals surface area contributed by atoms with Gasteiger partial charge < -0.3 is 19.5 Å². The van der Waals surface area contributed by atoms with Crippen molar-refractivity contribution in [1.82, 2.24) is 0 Å². The van der Waals surface area contributed by atoms with E-state index in [9.17, 15) is 4.79 Å². The van der Waals surface area contributed by atoms with Crippen molar-refractivity contribution < 1.29 is 19.4 Å². The summed E-state index contributed by atoms with van der Waals surface area (Å²) in [5.41, 5.74) is 1.44. The minimum Gasteiger partial charge on any atom is -0.479 e. The predicted octanol–water partition coefficient (Wildman–Crippen LogP) is 1.95. The number of methoxy groups -OCH3 is 1. The quantitative estimate of drug-likeness (QED) is 0.916. The van der Waals surface area contributed by atoms with Gasteiger partial charge in [-0.15, -0.1) is 0 Å². The number of carbonyl (C=O) groups is 1. The lowest BCUT2D eigenvalue weighted by atomic mass is 10.1. The molecule has 6 heteroatoms. The van der Waals surface area contributed by atoms with E-state index in [0.29, 0.717) is 23.8 Å². The zero-order chi connectivity index (χ0) is 13.8. The van der Waals surface area contributed by atoms with Gasteiger partial charge in [0.25, 0.3) is 0 Å². The second kappa shape index (κ2) is 6.23. The van der Waals surface area contributed by atoms with Gasteiger partial charge in [0.15, 0.2) is 6.10 Å². The van der Waals surface area contributed by atoms with Crippen molar-refractivity contribution in [2.75, 3.05) is 38.3 Å². The second-order valence-electron chi connectivity index (χ2n) is 4.26. The molecule has 1 atom stereocenters. The lowest BCUT2D eigenvalue weighted by molar-refractivity contribution is -0.148. The third-order valence-corrected chi connectivity index (χ3v) is 3.39. The summed E-state index contributed by atoms with van der Waals surface area (Å²) in [7, 11) is 1.36. The van der Waals surface area contributed by atoms with E-state index in [-0.39, 0.29) is 0 Å². The van der Waals surface area contributed by atoms with Crippen molar-refractivity contribution in [2.45, 2.75) is 6.10 Å². The number of carboxylic acid groups (broad SMARTS) is 1. The van der Waals surface area contributed by atoms with Gasteiger partial charge in [0.05, 0.1) is 23.9 Å². The van der Waals surface area contributed by atoms with Crippen LogP contribution in [0.25, 0.3) is 0 Å². The number of morpholine rings is 1. The molecule has 0 amide bonds. The van der Waals surface area contributed by atoms with Gasteiger partial charge in [0.2, 0.25) is 0 Å². The molecule has 1 aliphatic rings. The summed E-state index contributed by atoms with van der Waals surface area (Å²) in [6.07, 6.45) is -0.990. The Labute approximate surface area is 116 Å². The van der Waals surface area contributed by atoms with E-state index in [1.807, 2.05) is 6.07 Å². The van der Waals surface area contributed by atoms with Crippen molar-refractivity contribution in [3.8, 4) is 0 Å². The minimum atomic E-state index is -1.03. The van der Waals surface area contributed by atoms with Crippen molar-refractivity contribution in [3.63, 3.8) is 0 Å². The second-order valence-corrected chi connectivity index (χ2v) is 4.67. The monoisotopic (exact) mass is 285 g/mol. The first-order chi connectivity index (χ1) is 9.13. The van der Waals surface area contributed by atoms with Crippen LogP contribution in [-0.4, -0.2) is 44.5 Å². The molecule has 1 heterocycles. The van der Waals surface area contributed by atoms with E-state index in [2.05, 4.69) is 4.90 Å². The molecule has 1 fully saturated rings. The van der Waals surface area contributed by atoms with Crippen LogP contribution in [0.15, 0.2) is 18.2 Å². The third-order valence-electron chi connectivity index (χ3n) is 3.09. The summed E-state index contributed by atoms with van der Waals surface area (Å²) in [5, 5.41) is 9.57. The molecule has 0 bridgehead atoms. The number of halogens is 1. The number of benzene rings is 1. The van der Waals surface area contributed by atoms with Crippen molar-refractivity contribution in [1.29, 1.82) is 0 Å². The van der Waals surface area contributed by atoms with Gasteiger partial charge in [-0.1, -0.05) is 17.7 Å². The van der Waals surface area contributed by atoms with Gasteiger partial charge in [-0.25, -0.2) is 4.79 Å². The highest BCUT2D eigenvalue weighted by Gasteiger charge is 2.21. The highest BCUT2D eigenvalue weighted by Crippen LogP contribution is 2.30. The Morgan fingerprint density at radius 2 is 2.16 bits per heavy atom. The summed E-state index contributed by atoms with van der Waals surface area (Å²) < 4.78 is 10.2. The molecule has 0 radical (unpaired) electrons. The van der Waals surface area contributed by atoms with E-state index < -0.39 is 12.1 Å². The van der Waals surface area contributed by atoms with Gasteiger partial charge in [-0.2, -0.15) is 0 Å². The van der Waals surface area contributed by atoms with Crippen LogP contribution in [0.3, 0.4) is 0 Å². The molecule has 1 saturated heterocycles. The summed E-state index contributed by atoms with van der Waals surface area (Å²) in [5.74, 6) is -1.03. The van der Waals surface area contributed by atoms with Crippen molar-refractivity contribution in [3.05, 3.63) is 28.8 Å². The van der Waals surface area contributed by atoms with Crippen LogP contribution in [-0.2, 0) is 14.3 Å². The maximum absolute atomic E-state index is 11.0. The highest BCUT2D eigenvalue weighted by atomic mass is 35.5. The summed E-state index contributed by atoms with van der Waals surface area (Å²) in [6, 6.07) is 5.21. The number of rotatable bonds is 4. The fraction of sp³-hybridized carbons (Fsp3) is 0.462. The summed E-state index contributed by atoms with van der Waals surface area (Å²) >= 11 is 6.24. The minimum absolute atomic E-state index is 0.530. The molecule has 2 rings (SSSR count). The SMILES string of the molecule is COC(C(=O)O)c1ccc(N2CCOCC2)c(Cl)c1. The molecule has 5 nitrogen and oxygen atoms in total. The Morgan fingerprint density at radius 3 is 2.68 bits per heavy atom. The lowest BCUT2D eigenvalue weighted by Crippen LogP contribution is -2.36. The molecule has 0 aliphatic carbocycles.